The van der Waals surface area contributed by atoms with Crippen LogP contribution in [0.3, 0.4) is 0 Å². The summed E-state index contributed by atoms with van der Waals surface area (Å²) in [5.41, 5.74) is 26.7. The zero-order valence-electron chi connectivity index (χ0n) is 47.4. The van der Waals surface area contributed by atoms with Crippen LogP contribution in [0.15, 0.2) is 311 Å². The van der Waals surface area contributed by atoms with Crippen molar-refractivity contribution in [3.8, 4) is 11.1 Å². The van der Waals surface area contributed by atoms with Crippen molar-refractivity contribution < 1.29 is 13.3 Å². The molecule has 0 radical (unpaired) electrons. The minimum atomic E-state index is -0.369. The highest BCUT2D eigenvalue weighted by molar-refractivity contribution is 7.02. The number of fused-ring (bicyclic) bond motifs is 13. The van der Waals surface area contributed by atoms with Crippen LogP contribution in [0, 0.1) is 0 Å². The predicted molar refractivity (Wildman–Crippen MR) is 364 cm³/mol. The number of anilines is 15. The minimum absolute atomic E-state index is 0.357. The predicted octanol–water partition coefficient (Wildman–Crippen LogP) is 17.2. The molecule has 15 aromatic rings. The Morgan fingerprint density at radius 1 is 0.295 bits per heavy atom. The first kappa shape index (κ1) is 48.7. The molecule has 8 nitrogen and oxygen atoms in total. The quantitative estimate of drug-likeness (QED) is 0.140. The Labute approximate surface area is 508 Å². The van der Waals surface area contributed by atoms with E-state index < -0.39 is 0 Å². The highest BCUT2D eigenvalue weighted by Crippen LogP contribution is 2.53. The van der Waals surface area contributed by atoms with Crippen molar-refractivity contribution in [2.75, 3.05) is 24.5 Å². The van der Waals surface area contributed by atoms with E-state index in [1.165, 1.54) is 0 Å². The Bertz CT molecular complexity index is 5230. The molecular weight excluding hydrogens is 1080 g/mol. The molecule has 0 amide bonds. The first-order chi connectivity index (χ1) is 43.7. The van der Waals surface area contributed by atoms with Crippen LogP contribution < -0.4 is 57.7 Å². The van der Waals surface area contributed by atoms with Crippen LogP contribution in [0.25, 0.3) is 44.0 Å². The highest BCUT2D eigenvalue weighted by atomic mass is 16.3. The normalized spacial score (nSPS) is 13.3. The third-order valence-electron chi connectivity index (χ3n) is 18.4. The fourth-order valence-corrected chi connectivity index (χ4v) is 14.9. The van der Waals surface area contributed by atoms with Crippen molar-refractivity contribution in [2.45, 2.75) is 0 Å². The van der Waals surface area contributed by atoms with E-state index in [0.717, 1.165) is 163 Å². The molecule has 0 fully saturated rings. The molecule has 19 rings (SSSR count). The lowest BCUT2D eigenvalue weighted by Crippen LogP contribution is -2.65. The minimum Gasteiger partial charge on any atom is -0.468 e. The monoisotopic (exact) mass is 1130 g/mol. The molecule has 0 atom stereocenters. The van der Waals surface area contributed by atoms with Crippen LogP contribution in [-0.4, -0.2) is 13.4 Å². The van der Waals surface area contributed by atoms with Gasteiger partial charge in [0.15, 0.2) is 0 Å². The molecule has 12 aromatic carbocycles. The van der Waals surface area contributed by atoms with Gasteiger partial charge in [0, 0.05) is 84.4 Å². The van der Waals surface area contributed by atoms with Crippen molar-refractivity contribution in [3.63, 3.8) is 0 Å². The van der Waals surface area contributed by atoms with Crippen molar-refractivity contribution in [1.29, 1.82) is 0 Å². The van der Waals surface area contributed by atoms with Gasteiger partial charge in [-0.25, -0.2) is 0 Å². The van der Waals surface area contributed by atoms with Gasteiger partial charge < -0.3 is 37.8 Å². The molecule has 0 N–H and O–H groups in total. The van der Waals surface area contributed by atoms with E-state index in [9.17, 15) is 0 Å². The number of nitrogens with zero attached hydrogens (tertiary/aromatic N) is 5. The van der Waals surface area contributed by atoms with Gasteiger partial charge in [-0.15, -0.1) is 0 Å². The van der Waals surface area contributed by atoms with Crippen molar-refractivity contribution in [1.82, 2.24) is 0 Å². The summed E-state index contributed by atoms with van der Waals surface area (Å²) in [5, 5.41) is 3.14. The number of rotatable bonds is 8. The van der Waals surface area contributed by atoms with Crippen molar-refractivity contribution in [3.05, 3.63) is 297 Å². The van der Waals surface area contributed by atoms with Gasteiger partial charge in [-0.05, 0) is 173 Å². The van der Waals surface area contributed by atoms with Gasteiger partial charge in [0.25, 0.3) is 13.4 Å². The summed E-state index contributed by atoms with van der Waals surface area (Å²) in [6.45, 7) is -0.725. The zero-order valence-corrected chi connectivity index (χ0v) is 47.4. The number of hydrogen-bond acceptors (Lipinski definition) is 8. The molecule has 7 heterocycles. The Morgan fingerprint density at radius 3 is 1.18 bits per heavy atom. The molecule has 0 aliphatic carbocycles. The van der Waals surface area contributed by atoms with Gasteiger partial charge in [-0.1, -0.05) is 152 Å². The van der Waals surface area contributed by atoms with Gasteiger partial charge in [0.05, 0.1) is 34.6 Å². The molecular formula is C78H49B2N5O3. The average molecular weight is 1130 g/mol. The summed E-state index contributed by atoms with van der Waals surface area (Å²) in [7, 11) is 0. The molecule has 4 aliphatic rings. The SMILES string of the molecule is c1ccc(N(c2ccccc2)c2cc3c4c(c2)N(c2ccccc2)c2c(oc5ccccc25)B4c2cc4c(cc2N3c2ccccc2)N(c2ccccc2)c2cc(-c3cccc5occc35)cc3c2B4c2oc4ccccc4c2N3c2ccccc2)cc1. The summed E-state index contributed by atoms with van der Waals surface area (Å²) >= 11 is 0. The summed E-state index contributed by atoms with van der Waals surface area (Å²) in [4.78, 5) is 12.3. The second-order valence-electron chi connectivity index (χ2n) is 23.1. The second-order valence-corrected chi connectivity index (χ2v) is 23.1. The lowest BCUT2D eigenvalue weighted by molar-refractivity contribution is 0.616. The van der Waals surface area contributed by atoms with E-state index in [2.05, 4.69) is 316 Å². The van der Waals surface area contributed by atoms with E-state index >= 15 is 0 Å². The number of hydrogen-bond donors (Lipinski definition) is 0. The van der Waals surface area contributed by atoms with Gasteiger partial charge in [0.2, 0.25) is 0 Å². The summed E-state index contributed by atoms with van der Waals surface area (Å²) in [6.07, 6.45) is 1.80. The highest BCUT2D eigenvalue weighted by Gasteiger charge is 2.52. The molecule has 0 spiro atoms. The maximum Gasteiger partial charge on any atom is 0.297 e. The lowest BCUT2D eigenvalue weighted by Gasteiger charge is -2.46. The van der Waals surface area contributed by atoms with Crippen LogP contribution in [0.1, 0.15) is 0 Å². The number of para-hydroxylation sites is 8. The average Bonchev–Trinajstić information content (AvgIpc) is 1.19. The van der Waals surface area contributed by atoms with Crippen LogP contribution in [0.5, 0.6) is 0 Å². The van der Waals surface area contributed by atoms with E-state index in [4.69, 9.17) is 13.3 Å². The first-order valence-corrected chi connectivity index (χ1v) is 30.0. The standard InChI is InChI=1S/C78H49B2N5O3/c1-7-24-51(25-8-1)81(52-26-9-2-10-27-52)57-46-68-74-69(47-57)85(56-34-17-6-18-35-56)76-61-37-20-22-40-72(61)88-78(76)80(74)63-48-62-64(49-65(63)83(68)54-30-13-4-14-31-54)82(53-28-11-3-12-29-53)66-44-50(58-38-23-41-70-59(58)42-43-86-70)45-67-73(66)79(62)77-75(60-36-19-21-39-71(60)87-77)84(67)55-32-15-5-16-33-55/h1-49H. The number of benzene rings is 12. The fourth-order valence-electron chi connectivity index (χ4n) is 14.9. The molecule has 10 heteroatoms. The van der Waals surface area contributed by atoms with Crippen LogP contribution in [0.4, 0.5) is 85.3 Å². The molecule has 0 saturated heterocycles. The van der Waals surface area contributed by atoms with E-state index in [1.54, 1.807) is 6.26 Å². The molecule has 410 valence electrons. The fraction of sp³-hybridized carbons (Fsp3) is 0. The van der Waals surface area contributed by atoms with Gasteiger partial charge in [-0.2, -0.15) is 0 Å². The van der Waals surface area contributed by atoms with Crippen LogP contribution >= 0.6 is 0 Å². The zero-order chi connectivity index (χ0) is 57.6. The lowest BCUT2D eigenvalue weighted by atomic mass is 9.32. The largest absolute Gasteiger partial charge is 0.468 e. The van der Waals surface area contributed by atoms with E-state index in [1.807, 2.05) is 0 Å². The summed E-state index contributed by atoms with van der Waals surface area (Å²) < 4.78 is 21.1. The van der Waals surface area contributed by atoms with E-state index in [-0.39, 0.29) is 13.4 Å². The molecule has 4 aliphatic heterocycles. The second kappa shape index (κ2) is 18.9. The maximum absolute atomic E-state index is 7.51. The van der Waals surface area contributed by atoms with Gasteiger partial charge in [0.1, 0.15) is 16.7 Å². The topological polar surface area (TPSA) is 55.6 Å². The third kappa shape index (κ3) is 7.05. The molecule has 88 heavy (non-hydrogen) atoms. The third-order valence-corrected chi connectivity index (χ3v) is 18.4. The van der Waals surface area contributed by atoms with Crippen LogP contribution in [-0.2, 0) is 0 Å². The van der Waals surface area contributed by atoms with E-state index in [0.29, 0.717) is 0 Å². The number of furan rings is 3. The Morgan fingerprint density at radius 2 is 0.693 bits per heavy atom. The maximum atomic E-state index is 7.51. The smallest absolute Gasteiger partial charge is 0.297 e. The first-order valence-electron chi connectivity index (χ1n) is 30.0. The Balaban J connectivity index is 0.964. The Kier molecular flexibility index (Phi) is 10.5. The van der Waals surface area contributed by atoms with Gasteiger partial charge in [-0.3, -0.25) is 0 Å². The van der Waals surface area contributed by atoms with Gasteiger partial charge >= 0.3 is 0 Å². The van der Waals surface area contributed by atoms with Crippen molar-refractivity contribution in [2.24, 2.45) is 0 Å². The van der Waals surface area contributed by atoms with Crippen LogP contribution in [0.2, 0.25) is 0 Å². The summed E-state index contributed by atoms with van der Waals surface area (Å²) in [5.74, 6) is 0. The molecule has 0 saturated carbocycles. The molecule has 0 unspecified atom stereocenters. The molecule has 3 aromatic heterocycles. The summed E-state index contributed by atoms with van der Waals surface area (Å²) in [6, 6.07) is 105. The molecule has 0 bridgehead atoms. The Hall–Kier alpha value is -11.6. The van der Waals surface area contributed by atoms with Crippen molar-refractivity contribution >= 4 is 165 Å².